The second-order valence-corrected chi connectivity index (χ2v) is 5.42. The lowest BCUT2D eigenvalue weighted by Crippen LogP contribution is -2.03. The van der Waals surface area contributed by atoms with Crippen LogP contribution in [0.5, 0.6) is 0 Å². The van der Waals surface area contributed by atoms with Crippen molar-refractivity contribution in [3.63, 3.8) is 0 Å². The van der Waals surface area contributed by atoms with Gasteiger partial charge in [-0.15, -0.1) is 0 Å². The van der Waals surface area contributed by atoms with Crippen molar-refractivity contribution in [2.75, 3.05) is 0 Å². The highest BCUT2D eigenvalue weighted by Crippen LogP contribution is 2.27. The van der Waals surface area contributed by atoms with Crippen molar-refractivity contribution in [1.29, 1.82) is 0 Å². The number of hydrogen-bond acceptors (Lipinski definition) is 1. The van der Waals surface area contributed by atoms with Gasteiger partial charge in [-0.25, -0.2) is 4.39 Å². The molecule has 0 heterocycles. The van der Waals surface area contributed by atoms with Gasteiger partial charge in [-0.3, -0.25) is 0 Å². The van der Waals surface area contributed by atoms with Crippen molar-refractivity contribution in [2.45, 2.75) is 12.5 Å². The summed E-state index contributed by atoms with van der Waals surface area (Å²) in [6.07, 6.45) is -0.427. The minimum Gasteiger partial charge on any atom is -0.388 e. The maximum absolute atomic E-state index is 13.4. The molecule has 3 heteroatoms. The van der Waals surface area contributed by atoms with Crippen LogP contribution >= 0.6 is 11.6 Å². The number of hydrogen-bond donors (Lipinski definition) is 1. The number of benzene rings is 3. The summed E-state index contributed by atoms with van der Waals surface area (Å²) in [6, 6.07) is 18.4. The Labute approximate surface area is 127 Å². The van der Waals surface area contributed by atoms with Crippen molar-refractivity contribution >= 4 is 22.4 Å². The van der Waals surface area contributed by atoms with E-state index in [9.17, 15) is 9.50 Å². The first-order valence-electron chi connectivity index (χ1n) is 6.75. The monoisotopic (exact) mass is 300 g/mol. The molecule has 0 aromatic heterocycles. The van der Waals surface area contributed by atoms with Crippen LogP contribution in [0.25, 0.3) is 10.8 Å². The highest BCUT2D eigenvalue weighted by atomic mass is 35.5. The molecule has 21 heavy (non-hydrogen) atoms. The Balaban J connectivity index is 1.89. The minimum atomic E-state index is -0.714. The summed E-state index contributed by atoms with van der Waals surface area (Å²) in [5.41, 5.74) is 1.41. The van der Waals surface area contributed by atoms with Gasteiger partial charge in [0.15, 0.2) is 0 Å². The van der Waals surface area contributed by atoms with E-state index in [2.05, 4.69) is 0 Å². The van der Waals surface area contributed by atoms with Crippen LogP contribution in [0.15, 0.2) is 60.7 Å². The molecule has 1 atom stereocenters. The average Bonchev–Trinajstić information content (AvgIpc) is 2.51. The van der Waals surface area contributed by atoms with Crippen LogP contribution in [0, 0.1) is 5.82 Å². The number of aliphatic hydroxyl groups excluding tert-OH is 1. The van der Waals surface area contributed by atoms with E-state index >= 15 is 0 Å². The molecule has 0 saturated carbocycles. The molecule has 0 saturated heterocycles. The Morgan fingerprint density at radius 2 is 1.71 bits per heavy atom. The molecule has 1 nitrogen and oxygen atoms in total. The zero-order valence-corrected chi connectivity index (χ0v) is 12.0. The van der Waals surface area contributed by atoms with Gasteiger partial charge in [0, 0.05) is 6.42 Å². The van der Waals surface area contributed by atoms with E-state index in [1.54, 1.807) is 12.1 Å². The fourth-order valence-corrected chi connectivity index (χ4v) is 2.65. The molecular formula is C18H14ClFO. The fourth-order valence-electron chi connectivity index (χ4n) is 2.45. The van der Waals surface area contributed by atoms with Crippen molar-refractivity contribution in [1.82, 2.24) is 0 Å². The van der Waals surface area contributed by atoms with Gasteiger partial charge < -0.3 is 5.11 Å². The van der Waals surface area contributed by atoms with Gasteiger partial charge in [-0.1, -0.05) is 60.1 Å². The molecule has 0 aliphatic rings. The first kappa shape index (κ1) is 14.1. The van der Waals surface area contributed by atoms with E-state index in [0.717, 1.165) is 16.3 Å². The van der Waals surface area contributed by atoms with E-state index in [-0.39, 0.29) is 11.4 Å². The van der Waals surface area contributed by atoms with Crippen LogP contribution in [0.1, 0.15) is 17.2 Å². The van der Waals surface area contributed by atoms with Gasteiger partial charge in [0.25, 0.3) is 0 Å². The van der Waals surface area contributed by atoms with Crippen LogP contribution in [0.4, 0.5) is 4.39 Å². The van der Waals surface area contributed by atoms with Gasteiger partial charge in [-0.2, -0.15) is 0 Å². The predicted molar refractivity (Wildman–Crippen MR) is 84.0 cm³/mol. The zero-order valence-electron chi connectivity index (χ0n) is 11.3. The van der Waals surface area contributed by atoms with Gasteiger partial charge in [0.2, 0.25) is 0 Å². The molecule has 0 amide bonds. The Kier molecular flexibility index (Phi) is 3.91. The lowest BCUT2D eigenvalue weighted by molar-refractivity contribution is 0.178. The van der Waals surface area contributed by atoms with Crippen LogP contribution in [-0.4, -0.2) is 5.11 Å². The summed E-state index contributed by atoms with van der Waals surface area (Å²) in [5, 5.41) is 12.6. The third-order valence-electron chi connectivity index (χ3n) is 3.60. The summed E-state index contributed by atoms with van der Waals surface area (Å²) in [4.78, 5) is 0. The molecule has 0 aliphatic heterocycles. The van der Waals surface area contributed by atoms with E-state index in [1.165, 1.54) is 6.07 Å². The predicted octanol–water partition coefficient (Wildman–Crippen LogP) is 4.91. The van der Waals surface area contributed by atoms with Gasteiger partial charge in [0.1, 0.15) is 5.82 Å². The maximum Gasteiger partial charge on any atom is 0.142 e. The molecule has 3 aromatic rings. The number of halogens is 2. The fraction of sp³-hybridized carbons (Fsp3) is 0.111. The van der Waals surface area contributed by atoms with Crippen LogP contribution < -0.4 is 0 Å². The molecule has 0 fully saturated rings. The summed E-state index contributed by atoms with van der Waals surface area (Å²) >= 11 is 5.93. The second kappa shape index (κ2) is 5.84. The standard InChI is InChI=1S/C18H14ClFO/c19-18-15(6-3-7-16(18)20)11-17(21)14-9-8-12-4-1-2-5-13(12)10-14/h1-10,17,21H,11H2. The Morgan fingerprint density at radius 1 is 0.952 bits per heavy atom. The lowest BCUT2D eigenvalue weighted by atomic mass is 9.98. The molecule has 0 aliphatic carbocycles. The summed E-state index contributed by atoms with van der Waals surface area (Å²) in [5.74, 6) is -0.458. The normalized spacial score (nSPS) is 12.5. The summed E-state index contributed by atoms with van der Waals surface area (Å²) < 4.78 is 13.4. The second-order valence-electron chi connectivity index (χ2n) is 5.04. The van der Waals surface area contributed by atoms with Crippen LogP contribution in [0.2, 0.25) is 5.02 Å². The maximum atomic E-state index is 13.4. The smallest absolute Gasteiger partial charge is 0.142 e. The summed E-state index contributed by atoms with van der Waals surface area (Å²) in [7, 11) is 0. The Bertz CT molecular complexity index is 785. The number of aliphatic hydroxyl groups is 1. The van der Waals surface area contributed by atoms with E-state index in [4.69, 9.17) is 11.6 Å². The zero-order chi connectivity index (χ0) is 14.8. The molecule has 3 rings (SSSR count). The quantitative estimate of drug-likeness (QED) is 0.729. The third kappa shape index (κ3) is 2.92. The molecule has 0 spiro atoms. The highest BCUT2D eigenvalue weighted by molar-refractivity contribution is 6.31. The molecule has 1 unspecified atom stereocenters. The van der Waals surface area contributed by atoms with E-state index in [0.29, 0.717) is 5.56 Å². The van der Waals surface area contributed by atoms with E-state index < -0.39 is 11.9 Å². The molecule has 1 N–H and O–H groups in total. The molecule has 0 bridgehead atoms. The van der Waals surface area contributed by atoms with Crippen molar-refractivity contribution in [2.24, 2.45) is 0 Å². The highest BCUT2D eigenvalue weighted by Gasteiger charge is 2.13. The number of rotatable bonds is 3. The largest absolute Gasteiger partial charge is 0.388 e. The minimum absolute atomic E-state index is 0.0809. The first-order chi connectivity index (χ1) is 10.1. The SMILES string of the molecule is OC(Cc1cccc(F)c1Cl)c1ccc2ccccc2c1. The van der Waals surface area contributed by atoms with Crippen LogP contribution in [-0.2, 0) is 6.42 Å². The van der Waals surface area contributed by atoms with Gasteiger partial charge in [-0.05, 0) is 34.0 Å². The molecule has 0 radical (unpaired) electrons. The topological polar surface area (TPSA) is 20.2 Å². The van der Waals surface area contributed by atoms with Crippen LogP contribution in [0.3, 0.4) is 0 Å². The van der Waals surface area contributed by atoms with Crippen molar-refractivity contribution in [3.05, 3.63) is 82.6 Å². The van der Waals surface area contributed by atoms with Crippen molar-refractivity contribution < 1.29 is 9.50 Å². The van der Waals surface area contributed by atoms with Crippen molar-refractivity contribution in [3.8, 4) is 0 Å². The Morgan fingerprint density at radius 3 is 2.52 bits per heavy atom. The molecule has 106 valence electrons. The first-order valence-corrected chi connectivity index (χ1v) is 7.12. The number of fused-ring (bicyclic) bond motifs is 1. The lowest BCUT2D eigenvalue weighted by Gasteiger charge is -2.13. The van der Waals surface area contributed by atoms with E-state index in [1.807, 2.05) is 42.5 Å². The molecule has 3 aromatic carbocycles. The third-order valence-corrected chi connectivity index (χ3v) is 4.03. The summed E-state index contributed by atoms with van der Waals surface area (Å²) in [6.45, 7) is 0. The van der Waals surface area contributed by atoms with Gasteiger partial charge in [0.05, 0.1) is 11.1 Å². The average molecular weight is 301 g/mol. The van der Waals surface area contributed by atoms with Gasteiger partial charge >= 0.3 is 0 Å². The molecular weight excluding hydrogens is 287 g/mol. The Hall–Kier alpha value is -1.90.